The molecule has 3 aliphatic rings. The molecule has 2 fully saturated rings. The van der Waals surface area contributed by atoms with E-state index < -0.39 is 11.7 Å². The normalized spacial score (nSPS) is 20.0. The molecule has 1 unspecified atom stereocenters. The lowest BCUT2D eigenvalue weighted by Crippen LogP contribution is -2.38. The lowest BCUT2D eigenvalue weighted by Gasteiger charge is -2.26. The van der Waals surface area contributed by atoms with Crippen molar-refractivity contribution in [3.63, 3.8) is 0 Å². The third-order valence-electron chi connectivity index (χ3n) is 5.80. The summed E-state index contributed by atoms with van der Waals surface area (Å²) >= 11 is 6.17. The molecule has 2 amide bonds. The van der Waals surface area contributed by atoms with Crippen LogP contribution in [0.4, 0.5) is 10.1 Å². The molecular formula is C22H20ClFN2O4. The minimum absolute atomic E-state index is 0.0721. The van der Waals surface area contributed by atoms with E-state index in [1.54, 1.807) is 40.1 Å². The van der Waals surface area contributed by atoms with E-state index in [0.717, 1.165) is 12.8 Å². The molecule has 1 aliphatic carbocycles. The van der Waals surface area contributed by atoms with Crippen LogP contribution in [0.25, 0.3) is 0 Å². The number of hydrogen-bond donors (Lipinski definition) is 0. The fourth-order valence-corrected chi connectivity index (χ4v) is 4.26. The quantitative estimate of drug-likeness (QED) is 0.724. The Bertz CT molecular complexity index is 1010. The smallest absolute Gasteiger partial charge is 0.231 e. The van der Waals surface area contributed by atoms with Gasteiger partial charge in [0.2, 0.25) is 18.6 Å². The number of fused-ring (bicyclic) bond motifs is 1. The molecule has 1 saturated carbocycles. The number of amides is 2. The number of rotatable bonds is 5. The minimum Gasteiger partial charge on any atom is -0.454 e. The Morgan fingerprint density at radius 2 is 2.00 bits per heavy atom. The van der Waals surface area contributed by atoms with Crippen LogP contribution >= 0.6 is 11.6 Å². The van der Waals surface area contributed by atoms with Gasteiger partial charge >= 0.3 is 0 Å². The molecule has 0 bridgehead atoms. The molecule has 0 N–H and O–H groups in total. The Labute approximate surface area is 178 Å². The lowest BCUT2D eigenvalue weighted by atomic mass is 10.1. The predicted molar refractivity (Wildman–Crippen MR) is 108 cm³/mol. The van der Waals surface area contributed by atoms with E-state index in [1.807, 2.05) is 0 Å². The van der Waals surface area contributed by atoms with Crippen molar-refractivity contribution >= 4 is 29.1 Å². The molecule has 2 heterocycles. The zero-order chi connectivity index (χ0) is 20.8. The van der Waals surface area contributed by atoms with Crippen molar-refractivity contribution in [2.75, 3.05) is 18.2 Å². The molecule has 8 heteroatoms. The van der Waals surface area contributed by atoms with Crippen LogP contribution in [0.5, 0.6) is 11.5 Å². The molecule has 5 rings (SSSR count). The Morgan fingerprint density at radius 3 is 2.77 bits per heavy atom. The topological polar surface area (TPSA) is 59.1 Å². The highest BCUT2D eigenvalue weighted by atomic mass is 35.5. The van der Waals surface area contributed by atoms with Crippen LogP contribution in [0, 0.1) is 11.7 Å². The number of halogens is 2. The number of benzene rings is 2. The highest BCUT2D eigenvalue weighted by Gasteiger charge is 2.42. The summed E-state index contributed by atoms with van der Waals surface area (Å²) in [7, 11) is 0. The summed E-state index contributed by atoms with van der Waals surface area (Å²) in [5.41, 5.74) is 0.992. The molecular weight excluding hydrogens is 411 g/mol. The molecule has 0 aromatic heterocycles. The highest BCUT2D eigenvalue weighted by molar-refractivity contribution is 6.31. The summed E-state index contributed by atoms with van der Waals surface area (Å²) in [5.74, 6) is 0.0726. The van der Waals surface area contributed by atoms with E-state index in [2.05, 4.69) is 0 Å². The summed E-state index contributed by atoms with van der Waals surface area (Å²) in [4.78, 5) is 29.3. The van der Waals surface area contributed by atoms with Crippen molar-refractivity contribution < 1.29 is 23.5 Å². The van der Waals surface area contributed by atoms with Crippen molar-refractivity contribution in [1.29, 1.82) is 0 Å². The number of ether oxygens (including phenoxy) is 2. The SMILES string of the molecule is O=C1CC(C(=O)N(Cc2c(F)cccc2Cl)C2CC2)CN1c1ccc2c(c1)OCO2. The molecule has 30 heavy (non-hydrogen) atoms. The monoisotopic (exact) mass is 430 g/mol. The summed E-state index contributed by atoms with van der Waals surface area (Å²) in [6.07, 6.45) is 1.89. The summed E-state index contributed by atoms with van der Waals surface area (Å²) in [5, 5.41) is 0.304. The van der Waals surface area contributed by atoms with Gasteiger partial charge in [0.15, 0.2) is 11.5 Å². The maximum Gasteiger partial charge on any atom is 0.231 e. The van der Waals surface area contributed by atoms with Crippen molar-refractivity contribution in [2.45, 2.75) is 31.8 Å². The Kier molecular flexibility index (Phi) is 4.77. The van der Waals surface area contributed by atoms with Crippen LogP contribution in [-0.4, -0.2) is 36.1 Å². The second-order valence-electron chi connectivity index (χ2n) is 7.84. The van der Waals surface area contributed by atoms with Crippen molar-refractivity contribution in [3.8, 4) is 11.5 Å². The van der Waals surface area contributed by atoms with Crippen LogP contribution in [0.1, 0.15) is 24.8 Å². The van der Waals surface area contributed by atoms with Gasteiger partial charge in [0.25, 0.3) is 0 Å². The molecule has 0 radical (unpaired) electrons. The molecule has 6 nitrogen and oxygen atoms in total. The summed E-state index contributed by atoms with van der Waals surface area (Å²) in [6.45, 7) is 0.554. The fourth-order valence-electron chi connectivity index (χ4n) is 4.04. The third kappa shape index (κ3) is 3.47. The van der Waals surface area contributed by atoms with E-state index >= 15 is 0 Å². The van der Waals surface area contributed by atoms with Crippen molar-refractivity contribution in [1.82, 2.24) is 4.90 Å². The summed E-state index contributed by atoms with van der Waals surface area (Å²) < 4.78 is 25.0. The number of anilines is 1. The molecule has 2 aromatic rings. The molecule has 1 saturated heterocycles. The second-order valence-corrected chi connectivity index (χ2v) is 8.25. The third-order valence-corrected chi connectivity index (χ3v) is 6.16. The van der Waals surface area contributed by atoms with E-state index in [4.69, 9.17) is 21.1 Å². The number of nitrogens with zero attached hydrogens (tertiary/aromatic N) is 2. The molecule has 1 atom stereocenters. The van der Waals surface area contributed by atoms with Gasteiger partial charge in [-0.15, -0.1) is 0 Å². The fraction of sp³-hybridized carbons (Fsp3) is 0.364. The van der Waals surface area contributed by atoms with Crippen LogP contribution in [0.15, 0.2) is 36.4 Å². The van der Waals surface area contributed by atoms with E-state index in [9.17, 15) is 14.0 Å². The minimum atomic E-state index is -0.478. The zero-order valence-electron chi connectivity index (χ0n) is 16.1. The number of hydrogen-bond acceptors (Lipinski definition) is 4. The van der Waals surface area contributed by atoms with Gasteiger partial charge in [-0.1, -0.05) is 17.7 Å². The largest absolute Gasteiger partial charge is 0.454 e. The van der Waals surface area contributed by atoms with Gasteiger partial charge in [-0.2, -0.15) is 0 Å². The Hall–Kier alpha value is -2.80. The van der Waals surface area contributed by atoms with Crippen molar-refractivity contribution in [3.05, 3.63) is 52.8 Å². The first kappa shape index (κ1) is 19.2. The van der Waals surface area contributed by atoms with Gasteiger partial charge in [-0.3, -0.25) is 9.59 Å². The number of carbonyl (C=O) groups is 2. The average molecular weight is 431 g/mol. The standard InChI is InChI=1S/C22H20ClFN2O4/c23-17-2-1-3-18(24)16(17)11-26(14-4-5-14)22(28)13-8-21(27)25(10-13)15-6-7-19-20(9-15)30-12-29-19/h1-3,6-7,9,13-14H,4-5,8,10-12H2. The van der Waals surface area contributed by atoms with Crippen molar-refractivity contribution in [2.24, 2.45) is 5.92 Å². The van der Waals surface area contributed by atoms with Crippen LogP contribution < -0.4 is 14.4 Å². The lowest BCUT2D eigenvalue weighted by molar-refractivity contribution is -0.137. The molecule has 156 valence electrons. The highest BCUT2D eigenvalue weighted by Crippen LogP contribution is 2.38. The van der Waals surface area contributed by atoms with Crippen LogP contribution in [0.3, 0.4) is 0 Å². The first-order valence-electron chi connectivity index (χ1n) is 9.94. The summed E-state index contributed by atoms with van der Waals surface area (Å²) in [6, 6.07) is 9.89. The maximum atomic E-state index is 14.3. The molecule has 0 spiro atoms. The van der Waals surface area contributed by atoms with Gasteiger partial charge in [0.05, 0.1) is 12.5 Å². The van der Waals surface area contributed by atoms with Gasteiger partial charge in [-0.05, 0) is 37.1 Å². The van der Waals surface area contributed by atoms with E-state index in [1.165, 1.54) is 6.07 Å². The maximum absolute atomic E-state index is 14.3. The Morgan fingerprint density at radius 1 is 1.20 bits per heavy atom. The van der Waals surface area contributed by atoms with E-state index in [-0.39, 0.29) is 44.2 Å². The number of carbonyl (C=O) groups excluding carboxylic acids is 2. The van der Waals surface area contributed by atoms with Gasteiger partial charge < -0.3 is 19.3 Å². The van der Waals surface area contributed by atoms with Gasteiger partial charge in [0.1, 0.15) is 5.82 Å². The van der Waals surface area contributed by atoms with Gasteiger partial charge in [0, 0.05) is 41.3 Å². The van der Waals surface area contributed by atoms with Crippen LogP contribution in [0.2, 0.25) is 5.02 Å². The Balaban J connectivity index is 1.34. The second kappa shape index (κ2) is 7.47. The van der Waals surface area contributed by atoms with Gasteiger partial charge in [-0.25, -0.2) is 4.39 Å². The first-order chi connectivity index (χ1) is 14.5. The van der Waals surface area contributed by atoms with Crippen LogP contribution in [-0.2, 0) is 16.1 Å². The average Bonchev–Trinajstić information content (AvgIpc) is 3.32. The predicted octanol–water partition coefficient (Wildman–Crippen LogP) is 3.75. The van der Waals surface area contributed by atoms with E-state index in [0.29, 0.717) is 27.8 Å². The first-order valence-corrected chi connectivity index (χ1v) is 10.3. The zero-order valence-corrected chi connectivity index (χ0v) is 16.9. The molecule has 2 aliphatic heterocycles. The molecule has 2 aromatic carbocycles.